The molecule has 2 atom stereocenters. The number of hydrogen-bond donors (Lipinski definition) is 2. The number of aromatic nitrogens is 2. The summed E-state index contributed by atoms with van der Waals surface area (Å²) in [6, 6.07) is 8.59. The first-order valence-corrected chi connectivity index (χ1v) is 7.47. The van der Waals surface area contributed by atoms with E-state index in [4.69, 9.17) is 5.73 Å². The summed E-state index contributed by atoms with van der Waals surface area (Å²) in [6.07, 6.45) is 4.92. The second-order valence-electron chi connectivity index (χ2n) is 5.77. The lowest BCUT2D eigenvalue weighted by molar-refractivity contribution is 0.321. The van der Waals surface area contributed by atoms with Gasteiger partial charge in [0.25, 0.3) is 0 Å². The van der Waals surface area contributed by atoms with Crippen molar-refractivity contribution >= 4 is 16.6 Å². The molecule has 2 aromatic rings. The lowest BCUT2D eigenvalue weighted by atomic mass is 9.85. The summed E-state index contributed by atoms with van der Waals surface area (Å²) >= 11 is 0. The molecule has 1 aromatic carbocycles. The third-order valence-corrected chi connectivity index (χ3v) is 4.37. The fourth-order valence-corrected chi connectivity index (χ4v) is 3.09. The number of nitrogens with zero attached hydrogens (tertiary/aromatic N) is 2. The van der Waals surface area contributed by atoms with Crippen LogP contribution in [0.15, 0.2) is 24.3 Å². The average Bonchev–Trinajstić information content (AvgIpc) is 2.48. The summed E-state index contributed by atoms with van der Waals surface area (Å²) in [5.74, 6) is 1.43. The van der Waals surface area contributed by atoms with E-state index in [-0.39, 0.29) is 0 Å². The highest BCUT2D eigenvalue weighted by Crippen LogP contribution is 2.25. The van der Waals surface area contributed by atoms with Crippen molar-refractivity contribution in [3.63, 3.8) is 0 Å². The van der Waals surface area contributed by atoms with Crippen LogP contribution in [0.5, 0.6) is 0 Å². The molecule has 1 aliphatic rings. The Labute approximate surface area is 119 Å². The van der Waals surface area contributed by atoms with E-state index in [0.29, 0.717) is 12.0 Å². The van der Waals surface area contributed by atoms with Gasteiger partial charge in [-0.25, -0.2) is 0 Å². The van der Waals surface area contributed by atoms with E-state index in [0.717, 1.165) is 35.2 Å². The average molecular weight is 270 g/mol. The smallest absolute Gasteiger partial charge is 0.156 e. The molecule has 1 fully saturated rings. The van der Waals surface area contributed by atoms with Gasteiger partial charge in [-0.1, -0.05) is 37.1 Å². The Bertz CT molecular complexity index is 596. The number of anilines is 1. The van der Waals surface area contributed by atoms with Crippen molar-refractivity contribution in [1.29, 1.82) is 0 Å². The second-order valence-corrected chi connectivity index (χ2v) is 5.77. The van der Waals surface area contributed by atoms with Crippen LogP contribution in [0.4, 0.5) is 5.82 Å². The van der Waals surface area contributed by atoms with E-state index in [2.05, 4.69) is 27.6 Å². The summed E-state index contributed by atoms with van der Waals surface area (Å²) in [5.41, 5.74) is 7.18. The van der Waals surface area contributed by atoms with Crippen LogP contribution in [0.3, 0.4) is 0 Å². The first-order valence-electron chi connectivity index (χ1n) is 7.47. The van der Waals surface area contributed by atoms with Gasteiger partial charge in [-0.05, 0) is 25.7 Å². The Morgan fingerprint density at radius 3 is 2.70 bits per heavy atom. The van der Waals surface area contributed by atoms with Crippen molar-refractivity contribution in [3.8, 4) is 0 Å². The van der Waals surface area contributed by atoms with Crippen LogP contribution in [0, 0.1) is 12.8 Å². The molecule has 20 heavy (non-hydrogen) atoms. The number of nitrogens with two attached hydrogens (primary N) is 1. The number of hydrogen-bond acceptors (Lipinski definition) is 4. The fraction of sp³-hybridized carbons (Fsp3) is 0.500. The zero-order chi connectivity index (χ0) is 13.9. The molecule has 0 spiro atoms. The monoisotopic (exact) mass is 270 g/mol. The number of benzene rings is 1. The second kappa shape index (κ2) is 5.75. The van der Waals surface area contributed by atoms with Crippen molar-refractivity contribution in [1.82, 2.24) is 10.2 Å². The van der Waals surface area contributed by atoms with E-state index in [1.807, 2.05) is 19.1 Å². The Balaban J connectivity index is 1.79. The zero-order valence-electron chi connectivity index (χ0n) is 12.0. The summed E-state index contributed by atoms with van der Waals surface area (Å²) in [4.78, 5) is 0. The van der Waals surface area contributed by atoms with Gasteiger partial charge in [0.1, 0.15) is 0 Å². The molecule has 0 radical (unpaired) electrons. The van der Waals surface area contributed by atoms with Crippen LogP contribution in [0.25, 0.3) is 10.8 Å². The summed E-state index contributed by atoms with van der Waals surface area (Å²) in [7, 11) is 0. The zero-order valence-corrected chi connectivity index (χ0v) is 12.0. The molecule has 1 aromatic heterocycles. The quantitative estimate of drug-likeness (QED) is 0.900. The minimum absolute atomic E-state index is 0.320. The molecule has 3 N–H and O–H groups in total. The minimum Gasteiger partial charge on any atom is -0.368 e. The first kappa shape index (κ1) is 13.3. The molecular weight excluding hydrogens is 248 g/mol. The predicted molar refractivity (Wildman–Crippen MR) is 82.7 cm³/mol. The van der Waals surface area contributed by atoms with E-state index < -0.39 is 0 Å². The number of fused-ring (bicyclic) bond motifs is 1. The van der Waals surface area contributed by atoms with E-state index >= 15 is 0 Å². The molecule has 2 unspecified atom stereocenters. The molecule has 106 valence electrons. The van der Waals surface area contributed by atoms with Crippen LogP contribution in [0.2, 0.25) is 0 Å². The maximum atomic E-state index is 6.20. The van der Waals surface area contributed by atoms with Crippen molar-refractivity contribution in [2.75, 3.05) is 11.9 Å². The van der Waals surface area contributed by atoms with Crippen LogP contribution in [0.1, 0.15) is 31.4 Å². The molecule has 1 saturated carbocycles. The van der Waals surface area contributed by atoms with Crippen molar-refractivity contribution in [3.05, 3.63) is 30.0 Å². The number of nitrogens with one attached hydrogen (secondary N) is 1. The maximum Gasteiger partial charge on any atom is 0.156 e. The molecule has 0 amide bonds. The van der Waals surface area contributed by atoms with Gasteiger partial charge < -0.3 is 11.1 Å². The summed E-state index contributed by atoms with van der Waals surface area (Å²) in [6.45, 7) is 2.89. The molecule has 0 saturated heterocycles. The molecule has 4 heteroatoms. The summed E-state index contributed by atoms with van der Waals surface area (Å²) < 4.78 is 0. The molecule has 4 nitrogen and oxygen atoms in total. The van der Waals surface area contributed by atoms with Gasteiger partial charge in [0.05, 0.1) is 5.69 Å². The number of aryl methyl sites for hydroxylation is 1. The van der Waals surface area contributed by atoms with Gasteiger partial charge in [-0.2, -0.15) is 5.10 Å². The standard InChI is InChI=1S/C16H22N4/c1-11-13-7-3-4-8-14(13)16(20-19-11)18-10-12-6-2-5-9-15(12)17/h3-4,7-8,12,15H,2,5-6,9-10,17H2,1H3,(H,18,20). The molecule has 0 aliphatic heterocycles. The van der Waals surface area contributed by atoms with Crippen LogP contribution >= 0.6 is 0 Å². The third kappa shape index (κ3) is 2.61. The van der Waals surface area contributed by atoms with E-state index in [9.17, 15) is 0 Å². The minimum atomic E-state index is 0.320. The van der Waals surface area contributed by atoms with Gasteiger partial charge in [0.2, 0.25) is 0 Å². The topological polar surface area (TPSA) is 63.8 Å². The molecule has 3 rings (SSSR count). The highest BCUT2D eigenvalue weighted by atomic mass is 15.2. The van der Waals surface area contributed by atoms with Crippen LogP contribution in [-0.4, -0.2) is 22.8 Å². The van der Waals surface area contributed by atoms with Gasteiger partial charge in [-0.3, -0.25) is 0 Å². The highest BCUT2D eigenvalue weighted by Gasteiger charge is 2.21. The first-order chi connectivity index (χ1) is 9.75. The van der Waals surface area contributed by atoms with Crippen molar-refractivity contribution in [2.45, 2.75) is 38.6 Å². The van der Waals surface area contributed by atoms with E-state index in [1.54, 1.807) is 0 Å². The largest absolute Gasteiger partial charge is 0.368 e. The maximum absolute atomic E-state index is 6.20. The Morgan fingerprint density at radius 1 is 1.15 bits per heavy atom. The van der Waals surface area contributed by atoms with Gasteiger partial charge >= 0.3 is 0 Å². The normalized spacial score (nSPS) is 22.9. The lowest BCUT2D eigenvalue weighted by Gasteiger charge is -2.28. The Morgan fingerprint density at radius 2 is 1.90 bits per heavy atom. The molecule has 1 heterocycles. The van der Waals surface area contributed by atoms with Gasteiger partial charge in [0.15, 0.2) is 5.82 Å². The Kier molecular flexibility index (Phi) is 3.83. The van der Waals surface area contributed by atoms with Gasteiger partial charge in [0, 0.05) is 23.4 Å². The lowest BCUT2D eigenvalue weighted by Crippen LogP contribution is -2.37. The van der Waals surface area contributed by atoms with E-state index in [1.165, 1.54) is 19.3 Å². The van der Waals surface area contributed by atoms with Crippen LogP contribution < -0.4 is 11.1 Å². The van der Waals surface area contributed by atoms with Crippen LogP contribution in [-0.2, 0) is 0 Å². The molecule has 1 aliphatic carbocycles. The van der Waals surface area contributed by atoms with Gasteiger partial charge in [-0.15, -0.1) is 5.10 Å². The Hall–Kier alpha value is -1.68. The fourth-order valence-electron chi connectivity index (χ4n) is 3.09. The SMILES string of the molecule is Cc1nnc(NCC2CCCCC2N)c2ccccc12. The summed E-state index contributed by atoms with van der Waals surface area (Å²) in [5, 5.41) is 14.3. The highest BCUT2D eigenvalue weighted by molar-refractivity contribution is 5.92. The molecule has 0 bridgehead atoms. The number of rotatable bonds is 3. The third-order valence-electron chi connectivity index (χ3n) is 4.37. The van der Waals surface area contributed by atoms with Crippen molar-refractivity contribution in [2.24, 2.45) is 11.7 Å². The van der Waals surface area contributed by atoms with Crippen molar-refractivity contribution < 1.29 is 0 Å². The molecular formula is C16H22N4. The predicted octanol–water partition coefficient (Wildman–Crippen LogP) is 2.87.